The van der Waals surface area contributed by atoms with Crippen LogP contribution in [0.5, 0.6) is 0 Å². The van der Waals surface area contributed by atoms with Crippen molar-refractivity contribution in [2.45, 2.75) is 13.0 Å². The lowest BCUT2D eigenvalue weighted by molar-refractivity contribution is -0.139. The van der Waals surface area contributed by atoms with Crippen molar-refractivity contribution >= 4 is 23.9 Å². The monoisotopic (exact) mass is 352 g/mol. The third kappa shape index (κ3) is 3.10. The molecule has 0 unspecified atom stereocenters. The topological polar surface area (TPSA) is 123 Å². The van der Waals surface area contributed by atoms with Crippen molar-refractivity contribution in [1.29, 1.82) is 0 Å². The molecule has 0 aromatic carbocycles. The van der Waals surface area contributed by atoms with E-state index in [2.05, 4.69) is 24.0 Å². The summed E-state index contributed by atoms with van der Waals surface area (Å²) in [6, 6.07) is 0. The van der Waals surface area contributed by atoms with E-state index in [-0.39, 0.29) is 41.1 Å². The summed E-state index contributed by atoms with van der Waals surface area (Å²) in [4.78, 5) is 48.0. The Morgan fingerprint density at radius 2 is 1.32 bits per heavy atom. The number of fused-ring (bicyclic) bond motifs is 1. The Hall–Kier alpha value is -3.17. The SMILES string of the molecule is COC(=O)C1=C(C(=O)OC)Cn2nc(C(=O)OC)c(C(=O)OC)c2C1. The first-order chi connectivity index (χ1) is 11.9. The first-order valence-electron chi connectivity index (χ1n) is 7.04. The number of carbonyl (C=O) groups is 4. The standard InChI is InChI=1S/C15H16N2O8/c1-22-12(18)7-5-9-10(14(20)24-3)11(15(21)25-4)16-17(9)6-8(7)13(19)23-2/h5-6H2,1-4H3. The Labute approximate surface area is 142 Å². The van der Waals surface area contributed by atoms with Crippen molar-refractivity contribution < 1.29 is 38.1 Å². The minimum absolute atomic E-state index is 0.0170. The predicted molar refractivity (Wildman–Crippen MR) is 79.7 cm³/mol. The number of hydrogen-bond acceptors (Lipinski definition) is 9. The highest BCUT2D eigenvalue weighted by molar-refractivity contribution is 6.05. The van der Waals surface area contributed by atoms with Gasteiger partial charge in [-0.1, -0.05) is 0 Å². The fourth-order valence-corrected chi connectivity index (χ4v) is 2.51. The van der Waals surface area contributed by atoms with Gasteiger partial charge in [-0.25, -0.2) is 19.2 Å². The zero-order valence-electron chi connectivity index (χ0n) is 14.1. The van der Waals surface area contributed by atoms with Crippen LogP contribution in [-0.2, 0) is 41.5 Å². The highest BCUT2D eigenvalue weighted by Crippen LogP contribution is 2.28. The molecule has 25 heavy (non-hydrogen) atoms. The van der Waals surface area contributed by atoms with Crippen LogP contribution in [0.15, 0.2) is 11.1 Å². The Morgan fingerprint density at radius 3 is 1.84 bits per heavy atom. The Balaban J connectivity index is 2.64. The van der Waals surface area contributed by atoms with Gasteiger partial charge < -0.3 is 18.9 Å². The Bertz CT molecular complexity index is 790. The molecule has 10 nitrogen and oxygen atoms in total. The van der Waals surface area contributed by atoms with Gasteiger partial charge >= 0.3 is 23.9 Å². The zero-order chi connectivity index (χ0) is 18.7. The van der Waals surface area contributed by atoms with Crippen LogP contribution >= 0.6 is 0 Å². The summed E-state index contributed by atoms with van der Waals surface area (Å²) < 4.78 is 19.9. The molecule has 0 radical (unpaired) electrons. The maximum absolute atomic E-state index is 12.1. The van der Waals surface area contributed by atoms with Crippen molar-refractivity contribution in [3.63, 3.8) is 0 Å². The van der Waals surface area contributed by atoms with Crippen LogP contribution in [0.4, 0.5) is 0 Å². The van der Waals surface area contributed by atoms with Crippen molar-refractivity contribution in [3.05, 3.63) is 28.1 Å². The van der Waals surface area contributed by atoms with Crippen molar-refractivity contribution in [3.8, 4) is 0 Å². The minimum Gasteiger partial charge on any atom is -0.466 e. The lowest BCUT2D eigenvalue weighted by Crippen LogP contribution is -2.26. The van der Waals surface area contributed by atoms with Crippen LogP contribution in [0.1, 0.15) is 26.5 Å². The van der Waals surface area contributed by atoms with Gasteiger partial charge in [-0.3, -0.25) is 4.68 Å². The van der Waals surface area contributed by atoms with Crippen LogP contribution in [0.3, 0.4) is 0 Å². The average molecular weight is 352 g/mol. The molecule has 0 fully saturated rings. The number of methoxy groups -OCH3 is 4. The fourth-order valence-electron chi connectivity index (χ4n) is 2.51. The summed E-state index contributed by atoms with van der Waals surface area (Å²) in [5.74, 6) is -3.14. The number of ether oxygens (including phenoxy) is 4. The Morgan fingerprint density at radius 1 is 0.800 bits per heavy atom. The molecule has 0 atom stereocenters. The summed E-state index contributed by atoms with van der Waals surface area (Å²) in [6.07, 6.45) is -0.161. The van der Waals surface area contributed by atoms with Crippen LogP contribution in [-0.4, -0.2) is 62.1 Å². The van der Waals surface area contributed by atoms with E-state index in [1.165, 1.54) is 11.8 Å². The van der Waals surface area contributed by atoms with Crippen LogP contribution in [0, 0.1) is 0 Å². The van der Waals surface area contributed by atoms with Crippen molar-refractivity contribution in [2.75, 3.05) is 28.4 Å². The van der Waals surface area contributed by atoms with Gasteiger partial charge in [-0.05, 0) is 0 Å². The van der Waals surface area contributed by atoms with Gasteiger partial charge in [-0.2, -0.15) is 5.10 Å². The molecule has 10 heteroatoms. The first kappa shape index (κ1) is 18.2. The molecule has 134 valence electrons. The second-order valence-electron chi connectivity index (χ2n) is 4.93. The average Bonchev–Trinajstić information content (AvgIpc) is 3.02. The smallest absolute Gasteiger partial charge is 0.359 e. The van der Waals surface area contributed by atoms with E-state index in [1.54, 1.807) is 0 Å². The largest absolute Gasteiger partial charge is 0.466 e. The van der Waals surface area contributed by atoms with Gasteiger partial charge in [0.1, 0.15) is 5.56 Å². The van der Waals surface area contributed by atoms with E-state index < -0.39 is 23.9 Å². The fraction of sp³-hybridized carbons (Fsp3) is 0.400. The molecule has 0 saturated carbocycles. The Kier molecular flexibility index (Phi) is 5.20. The highest BCUT2D eigenvalue weighted by atomic mass is 16.5. The summed E-state index contributed by atoms with van der Waals surface area (Å²) >= 11 is 0. The minimum atomic E-state index is -0.846. The second-order valence-corrected chi connectivity index (χ2v) is 4.93. The maximum Gasteiger partial charge on any atom is 0.359 e. The molecule has 0 spiro atoms. The zero-order valence-corrected chi connectivity index (χ0v) is 14.1. The predicted octanol–water partition coefficient (Wildman–Crippen LogP) is -0.345. The number of aromatic nitrogens is 2. The summed E-state index contributed by atoms with van der Waals surface area (Å²) in [7, 11) is 4.62. The number of nitrogens with zero attached hydrogens (tertiary/aromatic N) is 2. The number of rotatable bonds is 4. The summed E-state index contributed by atoms with van der Waals surface area (Å²) in [5.41, 5.74) is -0.111. The van der Waals surface area contributed by atoms with Gasteiger partial charge in [0, 0.05) is 6.42 Å². The van der Waals surface area contributed by atoms with E-state index in [0.29, 0.717) is 0 Å². The third-order valence-corrected chi connectivity index (χ3v) is 3.71. The molecule has 0 bridgehead atoms. The summed E-state index contributed by atoms with van der Waals surface area (Å²) in [6.45, 7) is -0.173. The van der Waals surface area contributed by atoms with Gasteiger partial charge in [0.05, 0.1) is 51.8 Å². The molecular formula is C15H16N2O8. The molecule has 2 rings (SSSR count). The molecule has 2 heterocycles. The van der Waals surface area contributed by atoms with E-state index in [4.69, 9.17) is 0 Å². The van der Waals surface area contributed by atoms with Crippen LogP contribution in [0.25, 0.3) is 0 Å². The normalized spacial score (nSPS) is 13.0. The molecule has 0 amide bonds. The lowest BCUT2D eigenvalue weighted by Gasteiger charge is -2.19. The molecular weight excluding hydrogens is 336 g/mol. The molecule has 0 N–H and O–H groups in total. The van der Waals surface area contributed by atoms with Crippen molar-refractivity contribution in [2.24, 2.45) is 0 Å². The van der Waals surface area contributed by atoms with Crippen molar-refractivity contribution in [1.82, 2.24) is 9.78 Å². The maximum atomic E-state index is 12.1. The first-order valence-corrected chi connectivity index (χ1v) is 7.04. The number of hydrogen-bond donors (Lipinski definition) is 0. The quantitative estimate of drug-likeness (QED) is 0.528. The van der Waals surface area contributed by atoms with Gasteiger partial charge in [0.25, 0.3) is 0 Å². The summed E-state index contributed by atoms with van der Waals surface area (Å²) in [5, 5.41) is 4.02. The highest BCUT2D eigenvalue weighted by Gasteiger charge is 2.36. The second kappa shape index (κ2) is 7.16. The van der Waals surface area contributed by atoms with E-state index >= 15 is 0 Å². The van der Waals surface area contributed by atoms with Gasteiger partial charge in [-0.15, -0.1) is 0 Å². The third-order valence-electron chi connectivity index (χ3n) is 3.71. The molecule has 0 aliphatic carbocycles. The molecule has 1 aliphatic rings. The number of esters is 4. The molecule has 1 aliphatic heterocycles. The molecule has 0 saturated heterocycles. The van der Waals surface area contributed by atoms with E-state index in [9.17, 15) is 19.2 Å². The van der Waals surface area contributed by atoms with Gasteiger partial charge in [0.15, 0.2) is 5.69 Å². The van der Waals surface area contributed by atoms with Crippen LogP contribution < -0.4 is 0 Å². The molecule has 1 aromatic heterocycles. The van der Waals surface area contributed by atoms with E-state index in [0.717, 1.165) is 21.3 Å². The van der Waals surface area contributed by atoms with Crippen LogP contribution in [0.2, 0.25) is 0 Å². The lowest BCUT2D eigenvalue weighted by atomic mass is 9.97. The number of carbonyl (C=O) groups excluding carboxylic acids is 4. The van der Waals surface area contributed by atoms with Gasteiger partial charge in [0.2, 0.25) is 0 Å². The van der Waals surface area contributed by atoms with E-state index in [1.807, 2.05) is 0 Å². The molecule has 1 aromatic rings.